The van der Waals surface area contributed by atoms with Crippen molar-refractivity contribution in [3.8, 4) is 0 Å². The van der Waals surface area contributed by atoms with E-state index in [-0.39, 0.29) is 0 Å². The first-order chi connectivity index (χ1) is 6.93. The van der Waals surface area contributed by atoms with Crippen molar-refractivity contribution < 1.29 is 27.9 Å². The van der Waals surface area contributed by atoms with E-state index in [2.05, 4.69) is 0 Å². The summed E-state index contributed by atoms with van der Waals surface area (Å²) in [7, 11) is 0. The monoisotopic (exact) mass is 218 g/mol. The number of halogens is 3. The Kier molecular flexibility index (Phi) is 3.08. The summed E-state index contributed by atoms with van der Waals surface area (Å²) in [5.74, 6) is -7.19. The lowest BCUT2D eigenvalue weighted by molar-refractivity contribution is -0.135. The van der Waals surface area contributed by atoms with Crippen molar-refractivity contribution in [2.75, 3.05) is 0 Å². The van der Waals surface area contributed by atoms with Crippen LogP contribution in [-0.2, 0) is 4.79 Å². The Morgan fingerprint density at radius 3 is 2.20 bits per heavy atom. The van der Waals surface area contributed by atoms with Crippen molar-refractivity contribution in [2.24, 2.45) is 0 Å². The summed E-state index contributed by atoms with van der Waals surface area (Å²) in [6, 6.07) is 1.08. The largest absolute Gasteiger partial charge is 0.481 e. The zero-order valence-electron chi connectivity index (χ0n) is 7.26. The van der Waals surface area contributed by atoms with Gasteiger partial charge in [0, 0.05) is 0 Å². The molecule has 0 saturated carbocycles. The van der Waals surface area contributed by atoms with Crippen molar-refractivity contribution >= 4 is 11.8 Å². The molecule has 80 valence electrons. The molecule has 1 aromatic rings. The molecular weight excluding hydrogens is 213 g/mol. The highest BCUT2D eigenvalue weighted by Gasteiger charge is 2.22. The summed E-state index contributed by atoms with van der Waals surface area (Å²) in [5.41, 5.74) is -1.16. The van der Waals surface area contributed by atoms with Crippen LogP contribution < -0.4 is 0 Å². The second kappa shape index (κ2) is 4.12. The van der Waals surface area contributed by atoms with Crippen LogP contribution in [-0.4, -0.2) is 16.9 Å². The minimum Gasteiger partial charge on any atom is -0.481 e. The molecule has 0 fully saturated rings. The molecule has 0 heterocycles. The minimum atomic E-state index is -1.67. The number of benzene rings is 1. The standard InChI is InChI=1S/C9H5F3O3/c10-4-1-2-5(11)9(12)8(4)6(13)3-7(14)15/h1-2H,3H2,(H,14,15). The zero-order chi connectivity index (χ0) is 11.6. The molecule has 1 N–H and O–H groups in total. The van der Waals surface area contributed by atoms with Gasteiger partial charge in [-0.25, -0.2) is 13.2 Å². The lowest BCUT2D eigenvalue weighted by Crippen LogP contribution is -2.12. The van der Waals surface area contributed by atoms with Gasteiger partial charge in [-0.1, -0.05) is 0 Å². The fraction of sp³-hybridized carbons (Fsp3) is 0.111. The highest BCUT2D eigenvalue weighted by molar-refractivity contribution is 6.05. The van der Waals surface area contributed by atoms with Gasteiger partial charge in [0.1, 0.15) is 12.2 Å². The van der Waals surface area contributed by atoms with Gasteiger partial charge in [0.2, 0.25) is 0 Å². The molecule has 0 radical (unpaired) electrons. The number of Topliss-reactive ketones (excluding diaryl/α,β-unsaturated/α-hetero) is 1. The maximum atomic E-state index is 12.9. The molecule has 0 spiro atoms. The average Bonchev–Trinajstić information content (AvgIpc) is 2.11. The highest BCUT2D eigenvalue weighted by Crippen LogP contribution is 2.17. The van der Waals surface area contributed by atoms with Crippen LogP contribution in [0.15, 0.2) is 12.1 Å². The second-order valence-corrected chi connectivity index (χ2v) is 2.71. The van der Waals surface area contributed by atoms with Crippen LogP contribution in [0.4, 0.5) is 13.2 Å². The van der Waals surface area contributed by atoms with Gasteiger partial charge in [-0.15, -0.1) is 0 Å². The predicted molar refractivity (Wildman–Crippen MR) is 42.9 cm³/mol. The maximum absolute atomic E-state index is 12.9. The first kappa shape index (κ1) is 11.2. The summed E-state index contributed by atoms with van der Waals surface area (Å²) in [6.45, 7) is 0. The van der Waals surface area contributed by atoms with Crippen LogP contribution in [0.5, 0.6) is 0 Å². The van der Waals surface area contributed by atoms with Gasteiger partial charge in [0.15, 0.2) is 17.4 Å². The summed E-state index contributed by atoms with van der Waals surface area (Å²) in [4.78, 5) is 21.2. The number of carboxylic acids is 1. The molecule has 0 amide bonds. The molecule has 3 nitrogen and oxygen atoms in total. The molecule has 1 aromatic carbocycles. The topological polar surface area (TPSA) is 54.4 Å². The molecule has 0 aliphatic rings. The van der Waals surface area contributed by atoms with E-state index in [1.165, 1.54) is 0 Å². The molecule has 0 aliphatic carbocycles. The van der Waals surface area contributed by atoms with Gasteiger partial charge >= 0.3 is 5.97 Å². The van der Waals surface area contributed by atoms with Crippen LogP contribution >= 0.6 is 0 Å². The number of hydrogen-bond acceptors (Lipinski definition) is 2. The number of carbonyl (C=O) groups is 2. The first-order valence-electron chi connectivity index (χ1n) is 3.82. The van der Waals surface area contributed by atoms with E-state index in [1.807, 2.05) is 0 Å². The molecule has 1 rings (SSSR count). The fourth-order valence-corrected chi connectivity index (χ4v) is 1.01. The second-order valence-electron chi connectivity index (χ2n) is 2.71. The van der Waals surface area contributed by atoms with E-state index in [1.54, 1.807) is 0 Å². The van der Waals surface area contributed by atoms with Gasteiger partial charge in [0.25, 0.3) is 0 Å². The Bertz CT molecular complexity index is 429. The van der Waals surface area contributed by atoms with E-state index in [0.29, 0.717) is 12.1 Å². The Hall–Kier alpha value is -1.85. The summed E-state index contributed by atoms with van der Waals surface area (Å²) >= 11 is 0. The van der Waals surface area contributed by atoms with Crippen LogP contribution in [0.2, 0.25) is 0 Å². The average molecular weight is 218 g/mol. The smallest absolute Gasteiger partial charge is 0.311 e. The Balaban J connectivity index is 3.18. The van der Waals surface area contributed by atoms with Gasteiger partial charge in [-0.3, -0.25) is 9.59 Å². The Morgan fingerprint density at radius 2 is 1.67 bits per heavy atom. The molecule has 0 bridgehead atoms. The molecule has 0 saturated heterocycles. The number of ketones is 1. The van der Waals surface area contributed by atoms with Gasteiger partial charge in [-0.2, -0.15) is 0 Å². The quantitative estimate of drug-likeness (QED) is 0.477. The molecule has 0 atom stereocenters. The predicted octanol–water partition coefficient (Wildman–Crippen LogP) is 1.76. The van der Waals surface area contributed by atoms with Crippen molar-refractivity contribution in [1.29, 1.82) is 0 Å². The maximum Gasteiger partial charge on any atom is 0.311 e. The van der Waals surface area contributed by atoms with E-state index in [0.717, 1.165) is 0 Å². The summed E-state index contributed by atoms with van der Waals surface area (Å²) in [5, 5.41) is 8.24. The van der Waals surface area contributed by atoms with E-state index >= 15 is 0 Å². The van der Waals surface area contributed by atoms with Crippen LogP contribution in [0, 0.1) is 17.5 Å². The molecular formula is C9H5F3O3. The molecule has 0 aliphatic heterocycles. The third kappa shape index (κ3) is 2.34. The van der Waals surface area contributed by atoms with E-state index < -0.39 is 41.2 Å². The highest BCUT2D eigenvalue weighted by atomic mass is 19.2. The molecule has 0 aromatic heterocycles. The number of hydrogen-bond donors (Lipinski definition) is 1. The van der Waals surface area contributed by atoms with Crippen LogP contribution in [0.25, 0.3) is 0 Å². The van der Waals surface area contributed by atoms with Crippen molar-refractivity contribution in [3.63, 3.8) is 0 Å². The summed E-state index contributed by atoms with van der Waals surface area (Å²) < 4.78 is 38.5. The first-order valence-corrected chi connectivity index (χ1v) is 3.82. The van der Waals surface area contributed by atoms with Crippen molar-refractivity contribution in [2.45, 2.75) is 6.42 Å². The Labute approximate surface area is 82.1 Å². The number of carbonyl (C=O) groups excluding carboxylic acids is 1. The van der Waals surface area contributed by atoms with Gasteiger partial charge in [-0.05, 0) is 12.1 Å². The lowest BCUT2D eigenvalue weighted by Gasteiger charge is -2.02. The minimum absolute atomic E-state index is 0.516. The number of rotatable bonds is 3. The van der Waals surface area contributed by atoms with E-state index in [4.69, 9.17) is 5.11 Å². The number of aliphatic carboxylic acids is 1. The normalized spacial score (nSPS) is 10.1. The van der Waals surface area contributed by atoms with Crippen molar-refractivity contribution in [3.05, 3.63) is 35.1 Å². The van der Waals surface area contributed by atoms with Crippen LogP contribution in [0.3, 0.4) is 0 Å². The molecule has 0 unspecified atom stereocenters. The fourth-order valence-electron chi connectivity index (χ4n) is 1.01. The van der Waals surface area contributed by atoms with Gasteiger partial charge < -0.3 is 5.11 Å². The zero-order valence-corrected chi connectivity index (χ0v) is 7.26. The Morgan fingerprint density at radius 1 is 1.13 bits per heavy atom. The lowest BCUT2D eigenvalue weighted by atomic mass is 10.1. The van der Waals surface area contributed by atoms with E-state index in [9.17, 15) is 22.8 Å². The van der Waals surface area contributed by atoms with Gasteiger partial charge in [0.05, 0.1) is 5.56 Å². The SMILES string of the molecule is O=C(O)CC(=O)c1c(F)ccc(F)c1F. The third-order valence-electron chi connectivity index (χ3n) is 1.63. The molecule has 6 heteroatoms. The summed E-state index contributed by atoms with van der Waals surface area (Å²) in [6.07, 6.45) is -1.09. The number of carboxylic acid groups (broad SMARTS) is 1. The van der Waals surface area contributed by atoms with Crippen molar-refractivity contribution in [1.82, 2.24) is 0 Å². The third-order valence-corrected chi connectivity index (χ3v) is 1.63. The van der Waals surface area contributed by atoms with Crippen LogP contribution in [0.1, 0.15) is 16.8 Å². The molecule has 15 heavy (non-hydrogen) atoms.